The number of fused-ring (bicyclic) bond motifs is 7. The molecule has 0 fully saturated rings. The summed E-state index contributed by atoms with van der Waals surface area (Å²) in [5, 5.41) is 12.1. The second-order valence-electron chi connectivity index (χ2n) is 29.1. The van der Waals surface area contributed by atoms with Crippen LogP contribution in [0.2, 0.25) is 0 Å². The molecule has 100 heavy (non-hydrogen) atoms. The number of hydrogen-bond acceptors (Lipinski definition) is 8. The molecule has 10 heteroatoms. The van der Waals surface area contributed by atoms with E-state index in [0.29, 0.717) is 24.2 Å². The highest BCUT2D eigenvalue weighted by molar-refractivity contribution is 7.17. The second-order valence-corrected chi connectivity index (χ2v) is 32.1. The number of nitrogens with zero attached hydrogens (tertiary/aromatic N) is 3. The van der Waals surface area contributed by atoms with Crippen LogP contribution in [0.25, 0.3) is 71.0 Å². The molecule has 0 spiro atoms. The maximum absolute atomic E-state index is 16.0. The molecule has 0 N–H and O–H groups in total. The van der Waals surface area contributed by atoms with E-state index in [1.54, 1.807) is 47.0 Å². The van der Waals surface area contributed by atoms with E-state index in [2.05, 4.69) is 151 Å². The van der Waals surface area contributed by atoms with E-state index >= 15 is 9.59 Å². The van der Waals surface area contributed by atoms with E-state index in [1.165, 1.54) is 183 Å². The van der Waals surface area contributed by atoms with Crippen molar-refractivity contribution in [3.05, 3.63) is 169 Å². The van der Waals surface area contributed by atoms with Crippen molar-refractivity contribution in [1.82, 2.24) is 9.80 Å². The number of thiophene rings is 3. The first-order valence-electron chi connectivity index (χ1n) is 39.3. The van der Waals surface area contributed by atoms with Crippen molar-refractivity contribution in [2.45, 2.75) is 265 Å². The Bertz CT molecular complexity index is 4080. The maximum atomic E-state index is 16.0. The van der Waals surface area contributed by atoms with Crippen LogP contribution in [-0.2, 0) is 30.0 Å². The molecule has 0 radical (unpaired) electrons. The smallest absolute Gasteiger partial charge is 0.348 e. The number of esters is 1. The van der Waals surface area contributed by atoms with Gasteiger partial charge >= 0.3 is 5.97 Å². The zero-order chi connectivity index (χ0) is 70.0. The van der Waals surface area contributed by atoms with Crippen molar-refractivity contribution in [2.24, 2.45) is 0 Å². The largest absolute Gasteiger partial charge is 0.462 e. The molecule has 0 atom stereocenters. The average Bonchev–Trinajstić information content (AvgIpc) is 1.57. The summed E-state index contributed by atoms with van der Waals surface area (Å²) in [6.45, 7) is 16.8. The van der Waals surface area contributed by atoms with Gasteiger partial charge in [-0.2, -0.15) is 5.26 Å². The highest BCUT2D eigenvalue weighted by Gasteiger charge is 2.50. The molecule has 5 heterocycles. The van der Waals surface area contributed by atoms with E-state index in [0.717, 1.165) is 125 Å². The van der Waals surface area contributed by atoms with Crippen LogP contribution in [0.15, 0.2) is 131 Å². The lowest BCUT2D eigenvalue weighted by Gasteiger charge is -2.33. The van der Waals surface area contributed by atoms with E-state index in [-0.39, 0.29) is 34.8 Å². The zero-order valence-electron chi connectivity index (χ0n) is 61.5. The molecule has 3 aromatic heterocycles. The van der Waals surface area contributed by atoms with Gasteiger partial charge in [0.05, 0.1) is 38.9 Å². The van der Waals surface area contributed by atoms with Crippen LogP contribution in [-0.4, -0.2) is 47.3 Å². The van der Waals surface area contributed by atoms with E-state index < -0.39 is 5.97 Å². The Morgan fingerprint density at radius 1 is 0.440 bits per heavy atom. The lowest BCUT2D eigenvalue weighted by molar-refractivity contribution is -0.138. The highest BCUT2D eigenvalue weighted by Crippen LogP contribution is 2.59. The summed E-state index contributed by atoms with van der Waals surface area (Å²) >= 11 is 5.12. The number of rotatable bonds is 42. The number of amides is 2. The fourth-order valence-corrected chi connectivity index (χ4v) is 20.0. The standard InChI is InChI=1S/C90H111N3O4S3/c1-8-15-21-27-29-37-56-92-83(79-49-47-77(99-79)64-41-44-70-69-39-31-32-40-73(69)89(74(70)60-64,52-33-23-17-10-3)53-34-24-18-11-4)81-82(87(92)95)84(93(86(81)94)57-38-30-28-22-16-9-2)80-50-48-78(100-80)65-42-45-71-72-46-43-66(85-67(51-58-98-85)59-68(63-91)88(96)97-14-7)62-76(72)90(75(71)61-65,54-35-25-19-12-5)55-36-26-20-13-6/h31-32,39-51,58-62H,8-30,33-38,52-57H2,1-7H3/b68-59+. The molecule has 4 aromatic carbocycles. The van der Waals surface area contributed by atoms with E-state index in [9.17, 15) is 10.1 Å². The lowest BCUT2D eigenvalue weighted by Crippen LogP contribution is -2.30. The number of nitriles is 1. The van der Waals surface area contributed by atoms with Crippen molar-refractivity contribution in [3.8, 4) is 59.6 Å². The molecule has 7 nitrogen and oxygen atoms in total. The molecule has 11 rings (SSSR count). The summed E-state index contributed by atoms with van der Waals surface area (Å²) in [4.78, 5) is 54.2. The van der Waals surface area contributed by atoms with E-state index in [4.69, 9.17) is 4.74 Å². The quantitative estimate of drug-likeness (QED) is 0.0165. The Morgan fingerprint density at radius 2 is 0.820 bits per heavy atom. The monoisotopic (exact) mass is 1390 g/mol. The van der Waals surface area contributed by atoms with Crippen LogP contribution in [0.4, 0.5) is 0 Å². The predicted octanol–water partition coefficient (Wildman–Crippen LogP) is 26.3. The summed E-state index contributed by atoms with van der Waals surface area (Å²) < 4.78 is 5.29. The number of carbonyl (C=O) groups excluding carboxylic acids is 3. The minimum atomic E-state index is -0.602. The third-order valence-electron chi connectivity index (χ3n) is 22.2. The van der Waals surface area contributed by atoms with Crippen LogP contribution < -0.4 is 0 Å². The number of carbonyl (C=O) groups is 3. The van der Waals surface area contributed by atoms with E-state index in [1.807, 2.05) is 21.2 Å². The lowest BCUT2D eigenvalue weighted by atomic mass is 9.70. The van der Waals surface area contributed by atoms with Crippen molar-refractivity contribution >= 4 is 69.3 Å². The van der Waals surface area contributed by atoms with Gasteiger partial charge in [-0.15, -0.1) is 34.0 Å². The Balaban J connectivity index is 1.00. The van der Waals surface area contributed by atoms with Gasteiger partial charge in [0, 0.05) is 38.6 Å². The summed E-state index contributed by atoms with van der Waals surface area (Å²) in [6.07, 6.45) is 38.6. The highest BCUT2D eigenvalue weighted by atomic mass is 32.1. The van der Waals surface area contributed by atoms with Crippen LogP contribution in [0.1, 0.15) is 292 Å². The fourth-order valence-electron chi connectivity index (χ4n) is 17.0. The molecule has 2 aliphatic heterocycles. The molecular weight excluding hydrogens is 1280 g/mol. The Labute approximate surface area is 612 Å². The van der Waals surface area contributed by atoms with Gasteiger partial charge in [-0.05, 0) is 172 Å². The SMILES string of the molecule is CCCCCCCCN1C(=O)C2=C(c3ccc(-c4ccc5c(c4)C(CCCCCC)(CCCCCC)c4cc(-c6sccc6/C=C(\C#N)C(=O)OCC)ccc4-5)s3)N(CCCCCCCC)C(=O)C2=C1c1ccc(-c2ccc3c(c2)C(CCCCCC)(CCCCCC)c2ccccc2-3)s1. The number of benzene rings is 4. The number of ether oxygens (including phenoxy) is 1. The minimum Gasteiger partial charge on any atom is -0.462 e. The molecule has 0 bridgehead atoms. The van der Waals surface area contributed by atoms with Crippen LogP contribution in [0.5, 0.6) is 0 Å². The normalized spacial score (nSPS) is 14.9. The molecule has 0 saturated heterocycles. The first-order valence-corrected chi connectivity index (χ1v) is 41.8. The summed E-state index contributed by atoms with van der Waals surface area (Å²) in [7, 11) is 0. The van der Waals surface area contributed by atoms with Gasteiger partial charge in [-0.25, -0.2) is 4.79 Å². The van der Waals surface area contributed by atoms with Crippen LogP contribution >= 0.6 is 34.0 Å². The number of unbranched alkanes of at least 4 members (excludes halogenated alkanes) is 22. The van der Waals surface area contributed by atoms with Gasteiger partial charge in [0.15, 0.2) is 0 Å². The molecule has 2 aliphatic carbocycles. The minimum absolute atomic E-state index is 0.00267. The Kier molecular flexibility index (Phi) is 26.6. The summed E-state index contributed by atoms with van der Waals surface area (Å²) in [5.74, 6) is -0.678. The molecule has 2 amide bonds. The van der Waals surface area contributed by atoms with Crippen molar-refractivity contribution in [1.29, 1.82) is 5.26 Å². The molecular formula is C90H111N3O4S3. The van der Waals surface area contributed by atoms with Gasteiger partial charge in [-0.3, -0.25) is 9.59 Å². The van der Waals surface area contributed by atoms with Gasteiger partial charge in [-0.1, -0.05) is 269 Å². The van der Waals surface area contributed by atoms with Crippen molar-refractivity contribution < 1.29 is 19.1 Å². The van der Waals surface area contributed by atoms with Crippen LogP contribution in [0.3, 0.4) is 0 Å². The third-order valence-corrected chi connectivity index (χ3v) is 25.5. The van der Waals surface area contributed by atoms with Crippen molar-refractivity contribution in [2.75, 3.05) is 19.7 Å². The third kappa shape index (κ3) is 15.8. The predicted molar refractivity (Wildman–Crippen MR) is 425 cm³/mol. The van der Waals surface area contributed by atoms with Crippen LogP contribution in [0, 0.1) is 11.3 Å². The summed E-state index contributed by atoms with van der Waals surface area (Å²) in [5.41, 5.74) is 17.9. The topological polar surface area (TPSA) is 90.7 Å². The van der Waals surface area contributed by atoms with Crippen molar-refractivity contribution in [3.63, 3.8) is 0 Å². The zero-order valence-corrected chi connectivity index (χ0v) is 63.9. The Morgan fingerprint density at radius 3 is 1.26 bits per heavy atom. The molecule has 528 valence electrons. The first-order chi connectivity index (χ1) is 49.0. The average molecular weight is 1400 g/mol. The van der Waals surface area contributed by atoms with Gasteiger partial charge in [0.2, 0.25) is 0 Å². The van der Waals surface area contributed by atoms with Gasteiger partial charge in [0.1, 0.15) is 11.6 Å². The van der Waals surface area contributed by atoms with Gasteiger partial charge in [0.25, 0.3) is 11.8 Å². The summed E-state index contributed by atoms with van der Waals surface area (Å²) in [6, 6.07) is 43.8. The first kappa shape index (κ1) is 74.3. The second kappa shape index (κ2) is 35.8. The Hall–Kier alpha value is -6.90. The van der Waals surface area contributed by atoms with Gasteiger partial charge < -0.3 is 14.5 Å². The maximum Gasteiger partial charge on any atom is 0.348 e. The molecule has 7 aromatic rings. The fraction of sp³-hybridized carbons (Fsp3) is 0.489. The molecule has 0 saturated carbocycles. The molecule has 4 aliphatic rings. The number of hydrogen-bond donors (Lipinski definition) is 0. The molecule has 0 unspecified atom stereocenters.